The zero-order chi connectivity index (χ0) is 57.4. The van der Waals surface area contributed by atoms with E-state index in [0.717, 1.165) is 52.1 Å². The number of pyridine rings is 1. The quantitative estimate of drug-likeness (QED) is 0.130. The highest BCUT2D eigenvalue weighted by molar-refractivity contribution is 6.06. The molecule has 414 valence electrons. The minimum atomic E-state index is -4.71. The number of hydrogen-bond acceptors (Lipinski definition) is 8. The lowest BCUT2D eigenvalue weighted by Gasteiger charge is -2.40. The van der Waals surface area contributed by atoms with Gasteiger partial charge in [0, 0.05) is 76.1 Å². The van der Waals surface area contributed by atoms with Crippen LogP contribution in [0.15, 0.2) is 138 Å². The molecule has 8 amide bonds. The number of rotatable bonds is 10. The first kappa shape index (κ1) is 55.7. The van der Waals surface area contributed by atoms with Gasteiger partial charge in [0.15, 0.2) is 0 Å². The number of urea groups is 2. The number of benzene rings is 4. The monoisotopic (exact) mass is 1100 g/mol. The van der Waals surface area contributed by atoms with E-state index in [9.17, 15) is 60.4 Å². The molecule has 4 aromatic carbocycles. The number of nitriles is 1. The van der Waals surface area contributed by atoms with Gasteiger partial charge in [-0.1, -0.05) is 62.4 Å². The van der Waals surface area contributed by atoms with E-state index in [-0.39, 0.29) is 103 Å². The van der Waals surface area contributed by atoms with Crippen LogP contribution in [0, 0.1) is 11.3 Å². The molecule has 4 aliphatic heterocycles. The van der Waals surface area contributed by atoms with Crippen LogP contribution in [0.5, 0.6) is 0 Å². The number of carbonyl (C=O) groups excluding carboxylic acids is 6. The van der Waals surface area contributed by atoms with Crippen LogP contribution in [0.25, 0.3) is 0 Å². The van der Waals surface area contributed by atoms with Gasteiger partial charge in [-0.3, -0.25) is 34.0 Å². The van der Waals surface area contributed by atoms with Crippen molar-refractivity contribution in [3.8, 4) is 6.07 Å². The van der Waals surface area contributed by atoms with Crippen molar-refractivity contribution < 1.29 is 55.1 Å². The van der Waals surface area contributed by atoms with Gasteiger partial charge in [-0.2, -0.15) is 31.6 Å². The lowest BCUT2D eigenvalue weighted by molar-refractivity contribution is -0.138. The molecule has 0 spiro atoms. The average Bonchev–Trinajstić information content (AvgIpc) is 3.58. The van der Waals surface area contributed by atoms with Gasteiger partial charge in [-0.15, -0.1) is 0 Å². The van der Waals surface area contributed by atoms with Gasteiger partial charge in [0.25, 0.3) is 23.6 Å². The Morgan fingerprint density at radius 3 is 1.32 bits per heavy atom. The SMILES string of the molecule is CCC(C)c1ccc([C@H]2NC(=O)N(c3cccc(C(F)(F)F)c3)C(C)=C2C(=O)N2CCN(C(=O)c3cncc(C(=O)N4CCN(C(=O)C5=C(C)N(c6cccc(C(F)(F)F)c6)C(=O)N[C@@H]5c5ccc(C#N)cc5)CC4)c3)CC2)cc1. The molecule has 0 aliphatic carbocycles. The summed E-state index contributed by atoms with van der Waals surface area (Å²) in [4.78, 5) is 97.2. The van der Waals surface area contributed by atoms with Crippen molar-refractivity contribution in [2.24, 2.45) is 0 Å². The summed E-state index contributed by atoms with van der Waals surface area (Å²) in [6, 6.07) is 22.0. The second-order valence-electron chi connectivity index (χ2n) is 19.9. The Hall–Kier alpha value is -9.00. The van der Waals surface area contributed by atoms with E-state index in [1.807, 2.05) is 30.3 Å². The Labute approximate surface area is 456 Å². The van der Waals surface area contributed by atoms with Crippen LogP contribution in [-0.2, 0) is 21.9 Å². The van der Waals surface area contributed by atoms with Crippen molar-refractivity contribution in [3.05, 3.63) is 183 Å². The maximum atomic E-state index is 14.7. The molecule has 4 aliphatic rings. The number of nitrogens with one attached hydrogen (secondary N) is 2. The standard InChI is InChI=1S/C58H54F6N10O6/c1-5-34(2)38-16-18-40(19-17-38)50-48(36(4)74(56(80)68-50)46-11-7-9-44(30-46)58(62,63)64)54(78)72-26-22-70(23-27-72)52(76)42-28-41(32-66-33-42)51(75)69-20-24-71(25-21-69)53(77)47-35(3)73(45-10-6-8-43(29-45)57(59,60)61)55(79)67-49(47)39-14-12-37(31-65)13-15-39/h6-19,28-30,32-34,49-50H,5,20-27H2,1-4H3,(H,67,79)(H,68,80)/t34?,49-,50-/m1/s1. The molecule has 16 nitrogen and oxygen atoms in total. The van der Waals surface area contributed by atoms with Gasteiger partial charge in [-0.05, 0) is 97.5 Å². The minimum Gasteiger partial charge on any atom is -0.335 e. The lowest BCUT2D eigenvalue weighted by atomic mass is 9.90. The Bertz CT molecular complexity index is 3380. The van der Waals surface area contributed by atoms with E-state index in [1.54, 1.807) is 12.1 Å². The Morgan fingerprint density at radius 2 is 0.963 bits per heavy atom. The summed E-state index contributed by atoms with van der Waals surface area (Å²) in [6.45, 7) is 7.45. The number of amides is 8. The molecule has 2 fully saturated rings. The zero-order valence-corrected chi connectivity index (χ0v) is 43.9. The van der Waals surface area contributed by atoms with Crippen LogP contribution < -0.4 is 20.4 Å². The predicted octanol–water partition coefficient (Wildman–Crippen LogP) is 9.56. The molecule has 0 bridgehead atoms. The van der Waals surface area contributed by atoms with Crippen molar-refractivity contribution in [3.63, 3.8) is 0 Å². The highest BCUT2D eigenvalue weighted by atomic mass is 19.4. The zero-order valence-electron chi connectivity index (χ0n) is 43.9. The van der Waals surface area contributed by atoms with Crippen LogP contribution in [0.4, 0.5) is 47.3 Å². The lowest BCUT2D eigenvalue weighted by Crippen LogP contribution is -2.54. The second kappa shape index (κ2) is 22.4. The third-order valence-corrected chi connectivity index (χ3v) is 15.1. The summed E-state index contributed by atoms with van der Waals surface area (Å²) in [5, 5.41) is 15.0. The molecule has 0 saturated carbocycles. The third-order valence-electron chi connectivity index (χ3n) is 15.1. The number of hydrogen-bond donors (Lipinski definition) is 2. The van der Waals surface area contributed by atoms with Crippen molar-refractivity contribution in [2.75, 3.05) is 62.2 Å². The van der Waals surface area contributed by atoms with Crippen LogP contribution in [0.3, 0.4) is 0 Å². The minimum absolute atomic E-state index is 0.0192. The highest BCUT2D eigenvalue weighted by Crippen LogP contribution is 2.40. The highest BCUT2D eigenvalue weighted by Gasteiger charge is 2.42. The van der Waals surface area contributed by atoms with Gasteiger partial charge in [0.05, 0.1) is 68.5 Å². The Kier molecular flexibility index (Phi) is 15.6. The number of halogens is 6. The van der Waals surface area contributed by atoms with E-state index >= 15 is 0 Å². The number of anilines is 2. The first-order valence-electron chi connectivity index (χ1n) is 25.8. The molecular weight excluding hydrogens is 1050 g/mol. The first-order chi connectivity index (χ1) is 38.1. The molecule has 9 rings (SSSR count). The van der Waals surface area contributed by atoms with Gasteiger partial charge in [-0.25, -0.2) is 9.59 Å². The van der Waals surface area contributed by atoms with Crippen LogP contribution in [-0.4, -0.2) is 113 Å². The number of aromatic nitrogens is 1. The maximum Gasteiger partial charge on any atom is 0.416 e. The summed E-state index contributed by atoms with van der Waals surface area (Å²) < 4.78 is 83.0. The number of nitrogens with zero attached hydrogens (tertiary/aromatic N) is 8. The first-order valence-corrected chi connectivity index (χ1v) is 25.8. The molecule has 80 heavy (non-hydrogen) atoms. The number of alkyl halides is 6. The predicted molar refractivity (Wildman–Crippen MR) is 281 cm³/mol. The van der Waals surface area contributed by atoms with Crippen molar-refractivity contribution in [1.29, 1.82) is 5.26 Å². The smallest absolute Gasteiger partial charge is 0.335 e. The molecule has 22 heteroatoms. The number of allylic oxidation sites excluding steroid dienone is 2. The molecule has 2 saturated heterocycles. The maximum absolute atomic E-state index is 14.7. The summed E-state index contributed by atoms with van der Waals surface area (Å²) in [5.74, 6) is -1.74. The molecule has 2 N–H and O–H groups in total. The van der Waals surface area contributed by atoms with Gasteiger partial charge in [0.2, 0.25) is 0 Å². The number of carbonyl (C=O) groups is 6. The molecular formula is C58H54F6N10O6. The van der Waals surface area contributed by atoms with E-state index < -0.39 is 71.3 Å². The van der Waals surface area contributed by atoms with Gasteiger partial charge < -0.3 is 30.2 Å². The van der Waals surface area contributed by atoms with E-state index in [4.69, 9.17) is 0 Å². The van der Waals surface area contributed by atoms with Crippen LogP contribution >= 0.6 is 0 Å². The Morgan fingerprint density at radius 1 is 0.588 bits per heavy atom. The second-order valence-corrected chi connectivity index (χ2v) is 19.9. The van der Waals surface area contributed by atoms with Crippen molar-refractivity contribution >= 4 is 47.1 Å². The summed E-state index contributed by atoms with van der Waals surface area (Å²) >= 11 is 0. The van der Waals surface area contributed by atoms with Gasteiger partial charge in [0.1, 0.15) is 0 Å². The third kappa shape index (κ3) is 11.2. The fraction of sp³-hybridized carbons (Fsp3) is 0.310. The topological polar surface area (TPSA) is 183 Å². The summed E-state index contributed by atoms with van der Waals surface area (Å²) in [6.07, 6.45) is -5.90. The summed E-state index contributed by atoms with van der Waals surface area (Å²) in [7, 11) is 0. The fourth-order valence-corrected chi connectivity index (χ4v) is 10.4. The van der Waals surface area contributed by atoms with E-state index in [2.05, 4.69) is 29.5 Å². The van der Waals surface area contributed by atoms with Crippen LogP contribution in [0.2, 0.25) is 0 Å². The molecule has 5 heterocycles. The van der Waals surface area contributed by atoms with E-state index in [0.29, 0.717) is 16.7 Å². The number of piperazine rings is 2. The normalized spacial score (nSPS) is 18.7. The van der Waals surface area contributed by atoms with E-state index in [1.165, 1.54) is 82.2 Å². The molecule has 1 aromatic heterocycles. The molecule has 0 radical (unpaired) electrons. The Balaban J connectivity index is 0.886. The van der Waals surface area contributed by atoms with Crippen LogP contribution in [0.1, 0.15) is 106 Å². The summed E-state index contributed by atoms with van der Waals surface area (Å²) in [5.41, 5.74) is 0.822. The molecule has 5 aromatic rings. The van der Waals surface area contributed by atoms with Crippen molar-refractivity contribution in [2.45, 2.75) is 64.5 Å². The average molecular weight is 1100 g/mol. The molecule has 3 atom stereocenters. The van der Waals surface area contributed by atoms with Crippen molar-refractivity contribution in [1.82, 2.24) is 35.2 Å². The largest absolute Gasteiger partial charge is 0.416 e. The molecule has 1 unspecified atom stereocenters. The van der Waals surface area contributed by atoms with Gasteiger partial charge >= 0.3 is 24.4 Å². The fourth-order valence-electron chi connectivity index (χ4n) is 10.4.